The van der Waals surface area contributed by atoms with Crippen molar-refractivity contribution in [2.75, 3.05) is 18.6 Å². The first-order valence-electron chi connectivity index (χ1n) is 11.2. The summed E-state index contributed by atoms with van der Waals surface area (Å²) < 4.78 is 3.74. The summed E-state index contributed by atoms with van der Waals surface area (Å²) in [5.41, 5.74) is 7.70. The average Bonchev–Trinajstić information content (AvgIpc) is 3.49. The summed E-state index contributed by atoms with van der Waals surface area (Å²) >= 11 is 2.48. The summed E-state index contributed by atoms with van der Waals surface area (Å²) in [7, 11) is 1.28. The first-order valence-corrected chi connectivity index (χ1v) is 13.2. The molecule has 13 nitrogen and oxygen atoms in total. The predicted octanol–water partition coefficient (Wildman–Crippen LogP) is 0.121. The van der Waals surface area contributed by atoms with E-state index in [2.05, 4.69) is 21.5 Å². The molecular weight excluding hydrogens is 532 g/mol. The second-order valence-corrected chi connectivity index (χ2v) is 10.3. The molecule has 1 saturated heterocycles. The lowest BCUT2D eigenvalue weighted by atomic mass is 10.0. The molecule has 0 saturated carbocycles. The van der Waals surface area contributed by atoms with Crippen LogP contribution < -0.4 is 15.6 Å². The summed E-state index contributed by atoms with van der Waals surface area (Å²) in [6, 6.07) is 6.76. The fraction of sp³-hybridized carbons (Fsp3) is 0.261. The maximum Gasteiger partial charge on any atom is 0.352 e. The van der Waals surface area contributed by atoms with Gasteiger partial charge < -0.3 is 21.0 Å². The van der Waals surface area contributed by atoms with Gasteiger partial charge in [0.05, 0.1) is 12.3 Å². The highest BCUT2D eigenvalue weighted by Crippen LogP contribution is 2.40. The van der Waals surface area contributed by atoms with E-state index in [4.69, 9.17) is 10.6 Å². The molecule has 194 valence electrons. The van der Waals surface area contributed by atoms with Crippen molar-refractivity contribution in [1.29, 1.82) is 5.26 Å². The van der Waals surface area contributed by atoms with Crippen molar-refractivity contribution in [2.45, 2.75) is 24.4 Å². The fourth-order valence-electron chi connectivity index (χ4n) is 4.47. The van der Waals surface area contributed by atoms with Crippen LogP contribution >= 0.6 is 23.1 Å². The molecule has 0 radical (unpaired) electrons. The molecule has 3 aromatic rings. The lowest BCUT2D eigenvalue weighted by molar-refractivity contribution is -0.662. The molecule has 1 fully saturated rings. The van der Waals surface area contributed by atoms with Gasteiger partial charge in [0.15, 0.2) is 16.5 Å². The van der Waals surface area contributed by atoms with Gasteiger partial charge in [0, 0.05) is 22.8 Å². The number of nitrogens with one attached hydrogen (secondary N) is 1. The normalized spacial score (nSPS) is 19.1. The van der Waals surface area contributed by atoms with Crippen molar-refractivity contribution in [3.8, 4) is 6.07 Å². The van der Waals surface area contributed by atoms with Gasteiger partial charge in [-0.3, -0.25) is 14.5 Å². The Morgan fingerprint density at radius 1 is 1.45 bits per heavy atom. The highest BCUT2D eigenvalue weighted by molar-refractivity contribution is 8.00. The molecule has 0 aromatic carbocycles. The Morgan fingerprint density at radius 2 is 2.26 bits per heavy atom. The van der Waals surface area contributed by atoms with Crippen LogP contribution in [0.15, 0.2) is 52.4 Å². The van der Waals surface area contributed by atoms with Crippen molar-refractivity contribution < 1.29 is 28.9 Å². The quantitative estimate of drug-likeness (QED) is 0.151. The number of thioether (sulfide) groups is 1. The van der Waals surface area contributed by atoms with Gasteiger partial charge in [-0.25, -0.2) is 14.3 Å². The summed E-state index contributed by atoms with van der Waals surface area (Å²) in [6.45, 7) is 0.219. The standard InChI is InChI=1S/C23H20N8O5S2/c1-36-28-16(14-11-38-23(25)26-14)19(32)27-17-20(33)31-18(22(34)35)12(10-37-21(17)31)8-29-9-13(5-6-24)30-7-3-2-4-15(29)30/h2-4,7,9,11,17,21H,5,8,10H2,1H3,(H3-,25,26,27,32,34,35)/p+1/t17-,21+/m1/s1. The number of nitrogens with zero attached hydrogens (tertiary/aromatic N) is 6. The molecule has 2 aliphatic rings. The van der Waals surface area contributed by atoms with E-state index >= 15 is 0 Å². The van der Waals surface area contributed by atoms with E-state index in [1.54, 1.807) is 5.38 Å². The van der Waals surface area contributed by atoms with E-state index in [9.17, 15) is 24.8 Å². The predicted molar refractivity (Wildman–Crippen MR) is 137 cm³/mol. The maximum absolute atomic E-state index is 13.1. The third kappa shape index (κ3) is 4.33. The van der Waals surface area contributed by atoms with E-state index in [-0.39, 0.29) is 35.2 Å². The van der Waals surface area contributed by atoms with Crippen LogP contribution in [0.5, 0.6) is 0 Å². The minimum absolute atomic E-state index is 0.105. The van der Waals surface area contributed by atoms with Crippen molar-refractivity contribution >= 4 is 57.4 Å². The van der Waals surface area contributed by atoms with E-state index in [0.717, 1.165) is 22.7 Å². The number of nitrogens with two attached hydrogens (primary N) is 1. The number of imidazole rings is 1. The smallest absolute Gasteiger partial charge is 0.352 e. The minimum atomic E-state index is -1.23. The third-order valence-electron chi connectivity index (χ3n) is 6.07. The number of carbonyl (C=O) groups excluding carboxylic acids is 2. The van der Waals surface area contributed by atoms with Gasteiger partial charge in [0.1, 0.15) is 49.1 Å². The molecule has 15 heteroatoms. The van der Waals surface area contributed by atoms with Crippen molar-refractivity contribution in [3.63, 3.8) is 0 Å². The lowest BCUT2D eigenvalue weighted by Crippen LogP contribution is -2.71. The van der Waals surface area contributed by atoms with Crippen LogP contribution in [-0.4, -0.2) is 67.2 Å². The summed E-state index contributed by atoms with van der Waals surface area (Å²) in [4.78, 5) is 48.4. The van der Waals surface area contributed by atoms with E-state index in [1.165, 1.54) is 23.8 Å². The number of anilines is 1. The Labute approximate surface area is 223 Å². The number of aliphatic carboxylic acids is 1. The topological polar surface area (TPSA) is 179 Å². The number of aromatic nitrogens is 3. The Kier molecular flexibility index (Phi) is 6.74. The van der Waals surface area contributed by atoms with Gasteiger partial charge in [0.2, 0.25) is 0 Å². The van der Waals surface area contributed by atoms with Crippen LogP contribution in [-0.2, 0) is 32.2 Å². The van der Waals surface area contributed by atoms with Gasteiger partial charge >= 0.3 is 5.97 Å². The second kappa shape index (κ2) is 10.1. The molecule has 2 aliphatic heterocycles. The van der Waals surface area contributed by atoms with Crippen LogP contribution in [0.1, 0.15) is 11.4 Å². The van der Waals surface area contributed by atoms with E-state index in [1.807, 2.05) is 39.6 Å². The van der Waals surface area contributed by atoms with Gasteiger partial charge in [-0.1, -0.05) is 11.2 Å². The third-order valence-corrected chi connectivity index (χ3v) is 8.08. The molecular formula is C23H21N8O5S2+. The number of amides is 2. The number of β-lactam (4-membered cyclic amide) rings is 1. The number of oxime groups is 1. The summed E-state index contributed by atoms with van der Waals surface area (Å²) in [5.74, 6) is -2.14. The number of rotatable bonds is 8. The number of hydrogen-bond acceptors (Lipinski definition) is 10. The summed E-state index contributed by atoms with van der Waals surface area (Å²) in [5, 5.41) is 26.8. The molecule has 4 N–H and O–H groups in total. The second-order valence-electron chi connectivity index (χ2n) is 8.32. The minimum Gasteiger partial charge on any atom is -0.477 e. The number of carboxylic acid groups (broad SMARTS) is 1. The number of carboxylic acids is 1. The molecule has 3 aromatic heterocycles. The van der Waals surface area contributed by atoms with Crippen LogP contribution in [0.4, 0.5) is 5.13 Å². The zero-order chi connectivity index (χ0) is 27.0. The Hall–Kier alpha value is -4.42. The molecule has 0 spiro atoms. The Bertz CT molecular complexity index is 1570. The number of carbonyl (C=O) groups is 3. The van der Waals surface area contributed by atoms with E-state index in [0.29, 0.717) is 11.3 Å². The number of thiazole rings is 1. The summed E-state index contributed by atoms with van der Waals surface area (Å²) in [6.07, 6.45) is 3.84. The molecule has 5 rings (SSSR count). The largest absolute Gasteiger partial charge is 0.477 e. The van der Waals surface area contributed by atoms with Gasteiger partial charge in [-0.05, 0) is 6.07 Å². The molecule has 0 bridgehead atoms. The molecule has 0 aliphatic carbocycles. The number of nitriles is 1. The highest BCUT2D eigenvalue weighted by Gasteiger charge is 2.54. The lowest BCUT2D eigenvalue weighted by Gasteiger charge is -2.49. The van der Waals surface area contributed by atoms with Crippen molar-refractivity contribution in [3.05, 3.63) is 58.6 Å². The first-order chi connectivity index (χ1) is 18.3. The molecule has 2 atom stereocenters. The van der Waals surface area contributed by atoms with Crippen molar-refractivity contribution in [1.82, 2.24) is 19.6 Å². The molecule has 0 unspecified atom stereocenters. The van der Waals surface area contributed by atoms with Gasteiger partial charge in [-0.15, -0.1) is 23.1 Å². The Balaban J connectivity index is 1.39. The molecule has 2 amide bonds. The van der Waals surface area contributed by atoms with E-state index < -0.39 is 29.2 Å². The molecule has 5 heterocycles. The Morgan fingerprint density at radius 3 is 2.95 bits per heavy atom. The maximum atomic E-state index is 13.1. The SMILES string of the molecule is CON=C(C(=O)N[C@@H]1C(=O)N2C(C(=O)O)=C(C[n+]3cc(CC#N)n4ccccc43)CS[C@@H]12)c1csc(N)n1. The number of pyridine rings is 1. The zero-order valence-corrected chi connectivity index (χ0v) is 21.5. The van der Waals surface area contributed by atoms with Gasteiger partial charge in [0.25, 0.3) is 17.5 Å². The first kappa shape index (κ1) is 25.2. The zero-order valence-electron chi connectivity index (χ0n) is 19.9. The van der Waals surface area contributed by atoms with Gasteiger partial charge in [-0.2, -0.15) is 9.66 Å². The van der Waals surface area contributed by atoms with Crippen molar-refractivity contribution in [2.24, 2.45) is 5.16 Å². The molecule has 38 heavy (non-hydrogen) atoms. The number of nitrogen functional groups attached to an aromatic ring is 1. The van der Waals surface area contributed by atoms with Crippen LogP contribution in [0, 0.1) is 11.3 Å². The van der Waals surface area contributed by atoms with Crippen LogP contribution in [0.25, 0.3) is 5.65 Å². The fourth-order valence-corrected chi connectivity index (χ4v) is 6.35. The average molecular weight is 554 g/mol. The highest BCUT2D eigenvalue weighted by atomic mass is 32.2. The number of hydrogen-bond donors (Lipinski definition) is 3. The van der Waals surface area contributed by atoms with Crippen LogP contribution in [0.3, 0.4) is 0 Å². The monoisotopic (exact) mass is 553 g/mol. The van der Waals surface area contributed by atoms with Crippen LogP contribution in [0.2, 0.25) is 0 Å². The number of fused-ring (bicyclic) bond motifs is 2.